The number of hydrogen-bond acceptors (Lipinski definition) is 4. The maximum Gasteiger partial charge on any atom is 0.0394 e. The lowest BCUT2D eigenvalue weighted by Crippen LogP contribution is -2.29. The first-order valence-electron chi connectivity index (χ1n) is 6.80. The number of nitrogens with two attached hydrogens (primary N) is 1. The standard InChI is InChI=1S/C16H21N3S/c1-19(15-7-10-18-11-8-15)12-9-14(17)13-20-16-5-3-2-4-6-16/h2-8,10-11,14H,9,12-13,17H2,1H3/t14-/m1/s1. The predicted molar refractivity (Wildman–Crippen MR) is 87.3 cm³/mol. The van der Waals surface area contributed by atoms with Gasteiger partial charge in [0.2, 0.25) is 0 Å². The molecule has 0 radical (unpaired) electrons. The average molecular weight is 287 g/mol. The molecule has 0 amide bonds. The van der Waals surface area contributed by atoms with Crippen LogP contribution in [0.2, 0.25) is 0 Å². The third kappa shape index (κ3) is 4.87. The van der Waals surface area contributed by atoms with Crippen LogP contribution in [-0.4, -0.2) is 30.4 Å². The molecule has 1 aromatic heterocycles. The lowest BCUT2D eigenvalue weighted by molar-refractivity contribution is 0.666. The second-order valence-corrected chi connectivity index (χ2v) is 5.89. The molecule has 106 valence electrons. The highest BCUT2D eigenvalue weighted by Crippen LogP contribution is 2.18. The minimum Gasteiger partial charge on any atom is -0.374 e. The summed E-state index contributed by atoms with van der Waals surface area (Å²) in [7, 11) is 2.09. The molecule has 4 heteroatoms. The van der Waals surface area contributed by atoms with Crippen molar-refractivity contribution < 1.29 is 0 Å². The second kappa shape index (κ2) is 7.92. The van der Waals surface area contributed by atoms with Gasteiger partial charge in [-0.25, -0.2) is 0 Å². The number of anilines is 1. The van der Waals surface area contributed by atoms with Crippen LogP contribution in [0.5, 0.6) is 0 Å². The predicted octanol–water partition coefficient (Wildman–Crippen LogP) is 3.03. The number of benzene rings is 1. The highest BCUT2D eigenvalue weighted by Gasteiger charge is 2.06. The zero-order valence-corrected chi connectivity index (χ0v) is 12.6. The molecule has 1 heterocycles. The molecule has 2 N–H and O–H groups in total. The van der Waals surface area contributed by atoms with E-state index in [4.69, 9.17) is 5.73 Å². The SMILES string of the molecule is CN(CC[C@@H](N)CSc1ccccc1)c1ccncc1. The number of nitrogens with zero attached hydrogens (tertiary/aromatic N) is 2. The first-order chi connectivity index (χ1) is 9.75. The van der Waals surface area contributed by atoms with Gasteiger partial charge < -0.3 is 10.6 Å². The molecule has 0 aliphatic carbocycles. The number of rotatable bonds is 7. The molecule has 0 fully saturated rings. The summed E-state index contributed by atoms with van der Waals surface area (Å²) in [6.07, 6.45) is 4.62. The highest BCUT2D eigenvalue weighted by molar-refractivity contribution is 7.99. The second-order valence-electron chi connectivity index (χ2n) is 4.80. The van der Waals surface area contributed by atoms with Gasteiger partial charge in [0.05, 0.1) is 0 Å². The van der Waals surface area contributed by atoms with Crippen molar-refractivity contribution in [2.45, 2.75) is 17.4 Å². The quantitative estimate of drug-likeness (QED) is 0.795. The monoisotopic (exact) mass is 287 g/mol. The number of thioether (sulfide) groups is 1. The fraction of sp³-hybridized carbons (Fsp3) is 0.312. The van der Waals surface area contributed by atoms with E-state index in [0.717, 1.165) is 18.7 Å². The Hall–Kier alpha value is -1.52. The summed E-state index contributed by atoms with van der Waals surface area (Å²) in [5.74, 6) is 0.953. The minimum atomic E-state index is 0.212. The molecule has 0 aliphatic heterocycles. The molecular formula is C16H21N3S. The van der Waals surface area contributed by atoms with Crippen LogP contribution in [0, 0.1) is 0 Å². The molecule has 0 bridgehead atoms. The Morgan fingerprint density at radius 2 is 1.85 bits per heavy atom. The van der Waals surface area contributed by atoms with E-state index >= 15 is 0 Å². The van der Waals surface area contributed by atoms with Crippen LogP contribution < -0.4 is 10.6 Å². The summed E-state index contributed by atoms with van der Waals surface area (Å²) >= 11 is 1.82. The largest absolute Gasteiger partial charge is 0.374 e. The summed E-state index contributed by atoms with van der Waals surface area (Å²) in [6.45, 7) is 0.959. The Bertz CT molecular complexity index is 490. The molecule has 1 aromatic carbocycles. The summed E-state index contributed by atoms with van der Waals surface area (Å²) in [5, 5.41) is 0. The Morgan fingerprint density at radius 3 is 2.55 bits per heavy atom. The first kappa shape index (κ1) is 14.9. The van der Waals surface area contributed by atoms with E-state index in [1.165, 1.54) is 10.6 Å². The van der Waals surface area contributed by atoms with E-state index in [2.05, 4.69) is 41.2 Å². The van der Waals surface area contributed by atoms with Crippen LogP contribution in [0.15, 0.2) is 59.8 Å². The molecule has 0 saturated heterocycles. The molecule has 0 saturated carbocycles. The third-order valence-corrected chi connectivity index (χ3v) is 4.35. The topological polar surface area (TPSA) is 42.1 Å². The molecule has 20 heavy (non-hydrogen) atoms. The summed E-state index contributed by atoms with van der Waals surface area (Å²) in [4.78, 5) is 7.53. The van der Waals surface area contributed by atoms with Gasteiger partial charge in [-0.3, -0.25) is 4.98 Å². The Kier molecular flexibility index (Phi) is 5.89. The van der Waals surface area contributed by atoms with E-state index in [1.54, 1.807) is 0 Å². The maximum absolute atomic E-state index is 6.19. The van der Waals surface area contributed by atoms with Gasteiger partial charge in [-0.05, 0) is 30.7 Å². The number of aromatic nitrogens is 1. The van der Waals surface area contributed by atoms with Crippen LogP contribution in [0.1, 0.15) is 6.42 Å². The van der Waals surface area contributed by atoms with Crippen molar-refractivity contribution in [2.24, 2.45) is 5.73 Å². The first-order valence-corrected chi connectivity index (χ1v) is 7.79. The zero-order valence-electron chi connectivity index (χ0n) is 11.8. The molecule has 1 atom stereocenters. The Labute approximate surface area is 125 Å². The maximum atomic E-state index is 6.19. The normalized spacial score (nSPS) is 12.1. The van der Waals surface area contributed by atoms with E-state index in [-0.39, 0.29) is 6.04 Å². The lowest BCUT2D eigenvalue weighted by Gasteiger charge is -2.21. The van der Waals surface area contributed by atoms with E-state index < -0.39 is 0 Å². The van der Waals surface area contributed by atoms with Gasteiger partial charge in [0, 0.05) is 48.4 Å². The Morgan fingerprint density at radius 1 is 1.15 bits per heavy atom. The van der Waals surface area contributed by atoms with Gasteiger partial charge in [-0.1, -0.05) is 18.2 Å². The van der Waals surface area contributed by atoms with Crippen LogP contribution >= 0.6 is 11.8 Å². The molecule has 3 nitrogen and oxygen atoms in total. The van der Waals surface area contributed by atoms with Gasteiger partial charge in [0.25, 0.3) is 0 Å². The molecule has 0 aliphatic rings. The van der Waals surface area contributed by atoms with Gasteiger partial charge >= 0.3 is 0 Å². The Balaban J connectivity index is 1.71. The average Bonchev–Trinajstić information content (AvgIpc) is 2.52. The molecule has 0 spiro atoms. The number of pyridine rings is 1. The molecular weight excluding hydrogens is 266 g/mol. The van der Waals surface area contributed by atoms with E-state index in [9.17, 15) is 0 Å². The third-order valence-electron chi connectivity index (χ3n) is 3.15. The fourth-order valence-corrected chi connectivity index (χ4v) is 2.81. The summed E-state index contributed by atoms with van der Waals surface area (Å²) in [5.41, 5.74) is 7.37. The minimum absolute atomic E-state index is 0.212. The lowest BCUT2D eigenvalue weighted by atomic mass is 10.2. The molecule has 2 rings (SSSR count). The van der Waals surface area contributed by atoms with Gasteiger partial charge in [-0.15, -0.1) is 11.8 Å². The van der Waals surface area contributed by atoms with Gasteiger partial charge in [0.15, 0.2) is 0 Å². The molecule has 2 aromatic rings. The van der Waals surface area contributed by atoms with Gasteiger partial charge in [0.1, 0.15) is 0 Å². The summed E-state index contributed by atoms with van der Waals surface area (Å²) < 4.78 is 0. The summed E-state index contributed by atoms with van der Waals surface area (Å²) in [6, 6.07) is 14.7. The van der Waals surface area contributed by atoms with Crippen molar-refractivity contribution in [3.8, 4) is 0 Å². The van der Waals surface area contributed by atoms with Crippen LogP contribution in [-0.2, 0) is 0 Å². The van der Waals surface area contributed by atoms with E-state index in [0.29, 0.717) is 0 Å². The smallest absolute Gasteiger partial charge is 0.0394 e. The van der Waals surface area contributed by atoms with Crippen molar-refractivity contribution in [2.75, 3.05) is 24.2 Å². The van der Waals surface area contributed by atoms with Crippen LogP contribution in [0.3, 0.4) is 0 Å². The van der Waals surface area contributed by atoms with E-state index in [1.807, 2.05) is 42.4 Å². The van der Waals surface area contributed by atoms with Gasteiger partial charge in [-0.2, -0.15) is 0 Å². The van der Waals surface area contributed by atoms with Crippen molar-refractivity contribution in [3.63, 3.8) is 0 Å². The number of hydrogen-bond donors (Lipinski definition) is 1. The molecule has 0 unspecified atom stereocenters. The fourth-order valence-electron chi connectivity index (χ4n) is 1.89. The van der Waals surface area contributed by atoms with Crippen LogP contribution in [0.4, 0.5) is 5.69 Å². The highest BCUT2D eigenvalue weighted by atomic mass is 32.2. The van der Waals surface area contributed by atoms with Crippen molar-refractivity contribution >= 4 is 17.4 Å². The van der Waals surface area contributed by atoms with Crippen molar-refractivity contribution in [1.82, 2.24) is 4.98 Å². The van der Waals surface area contributed by atoms with Crippen LogP contribution in [0.25, 0.3) is 0 Å². The zero-order chi connectivity index (χ0) is 14.2. The van der Waals surface area contributed by atoms with Crippen molar-refractivity contribution in [3.05, 3.63) is 54.9 Å². The van der Waals surface area contributed by atoms with Crippen molar-refractivity contribution in [1.29, 1.82) is 0 Å².